The van der Waals surface area contributed by atoms with Crippen LogP contribution in [0.15, 0.2) is 46.5 Å². The number of benzene rings is 1. The Hall–Kier alpha value is -1.99. The minimum Gasteiger partial charge on any atom is -0.393 e. The van der Waals surface area contributed by atoms with Gasteiger partial charge in [0.15, 0.2) is 0 Å². The van der Waals surface area contributed by atoms with Gasteiger partial charge in [0.2, 0.25) is 5.95 Å². The van der Waals surface area contributed by atoms with E-state index in [2.05, 4.69) is 52.1 Å². The highest BCUT2D eigenvalue weighted by molar-refractivity contribution is 8.05. The lowest BCUT2D eigenvalue weighted by Crippen LogP contribution is -2.02. The van der Waals surface area contributed by atoms with Crippen molar-refractivity contribution in [1.29, 1.82) is 5.41 Å². The van der Waals surface area contributed by atoms with Crippen molar-refractivity contribution in [2.45, 2.75) is 24.8 Å². The van der Waals surface area contributed by atoms with Crippen molar-refractivity contribution in [3.8, 4) is 11.3 Å². The van der Waals surface area contributed by atoms with Crippen LogP contribution in [-0.2, 0) is 0 Å². The molecule has 1 aromatic heterocycles. The minimum atomic E-state index is 0.415. The van der Waals surface area contributed by atoms with Gasteiger partial charge in [0.1, 0.15) is 5.03 Å². The fourth-order valence-electron chi connectivity index (χ4n) is 2.29. The van der Waals surface area contributed by atoms with Crippen LogP contribution in [0, 0.1) is 5.41 Å². The Morgan fingerprint density at radius 1 is 1.24 bits per heavy atom. The second-order valence-corrected chi connectivity index (χ2v) is 7.25. The smallest absolute Gasteiger partial charge is 0.234 e. The van der Waals surface area contributed by atoms with Gasteiger partial charge in [-0.2, -0.15) is 0 Å². The number of hydrogen-bond acceptors (Lipinski definition) is 7. The standard InChI is InChI=1S/C18H23N5S2/c1-12(2)14-7-5-6-8-15(14)16-9-17(24-4)22-18(21-16)23-25-13(10-19)11-20-3/h5-12,19-20H,1-4H3,(H,21,22,23)/b13-11+,19-10?. The van der Waals surface area contributed by atoms with Crippen LogP contribution in [0.3, 0.4) is 0 Å². The van der Waals surface area contributed by atoms with Crippen LogP contribution in [0.2, 0.25) is 0 Å². The molecule has 2 rings (SSSR count). The second-order valence-electron chi connectivity index (χ2n) is 5.54. The maximum absolute atomic E-state index is 7.42. The molecule has 0 aliphatic rings. The third-order valence-electron chi connectivity index (χ3n) is 3.46. The van der Waals surface area contributed by atoms with Gasteiger partial charge in [-0.3, -0.25) is 4.72 Å². The van der Waals surface area contributed by atoms with Gasteiger partial charge in [0.05, 0.1) is 10.6 Å². The van der Waals surface area contributed by atoms with Crippen LogP contribution in [0.1, 0.15) is 25.3 Å². The summed E-state index contributed by atoms with van der Waals surface area (Å²) >= 11 is 2.89. The summed E-state index contributed by atoms with van der Waals surface area (Å²) in [6, 6.07) is 10.4. The molecule has 0 bridgehead atoms. The molecule has 0 saturated heterocycles. The summed E-state index contributed by atoms with van der Waals surface area (Å²) in [6.07, 6.45) is 5.03. The van der Waals surface area contributed by atoms with Crippen LogP contribution < -0.4 is 10.0 Å². The summed E-state index contributed by atoms with van der Waals surface area (Å²) in [5, 5.41) is 11.2. The molecule has 0 atom stereocenters. The first-order valence-corrected chi connectivity index (χ1v) is 9.96. The van der Waals surface area contributed by atoms with Gasteiger partial charge < -0.3 is 10.7 Å². The zero-order valence-corrected chi connectivity index (χ0v) is 16.5. The molecule has 1 heterocycles. The SMILES string of the molecule is CN/C=C(\C=N)SNc1nc(SC)cc(-c2ccccc2C(C)C)n1. The number of rotatable bonds is 8. The molecule has 0 aliphatic heterocycles. The number of anilines is 1. The maximum Gasteiger partial charge on any atom is 0.234 e. The largest absolute Gasteiger partial charge is 0.393 e. The van der Waals surface area contributed by atoms with E-state index < -0.39 is 0 Å². The van der Waals surface area contributed by atoms with Gasteiger partial charge in [-0.05, 0) is 35.8 Å². The number of thioether (sulfide) groups is 1. The Bertz CT molecular complexity index is 759. The summed E-state index contributed by atoms with van der Waals surface area (Å²) < 4.78 is 3.14. The Morgan fingerprint density at radius 2 is 2.00 bits per heavy atom. The molecule has 5 nitrogen and oxygen atoms in total. The van der Waals surface area contributed by atoms with E-state index in [4.69, 9.17) is 5.41 Å². The number of hydrogen-bond donors (Lipinski definition) is 3. The molecule has 25 heavy (non-hydrogen) atoms. The molecular weight excluding hydrogens is 350 g/mol. The summed E-state index contributed by atoms with van der Waals surface area (Å²) in [7, 11) is 1.80. The quantitative estimate of drug-likeness (QED) is 0.268. The predicted molar refractivity (Wildman–Crippen MR) is 110 cm³/mol. The third-order valence-corrected chi connectivity index (χ3v) is 4.84. The second kappa shape index (κ2) is 9.48. The number of allylic oxidation sites excluding steroid dienone is 1. The molecule has 0 fully saturated rings. The molecule has 0 spiro atoms. The zero-order valence-electron chi connectivity index (χ0n) is 14.8. The summed E-state index contributed by atoms with van der Waals surface area (Å²) in [5.74, 6) is 0.951. The van der Waals surface area contributed by atoms with Crippen molar-refractivity contribution in [2.75, 3.05) is 18.0 Å². The van der Waals surface area contributed by atoms with Crippen molar-refractivity contribution < 1.29 is 0 Å². The van der Waals surface area contributed by atoms with Crippen molar-refractivity contribution in [1.82, 2.24) is 15.3 Å². The van der Waals surface area contributed by atoms with Crippen LogP contribution >= 0.6 is 23.7 Å². The molecule has 0 amide bonds. The minimum absolute atomic E-state index is 0.415. The molecule has 0 radical (unpaired) electrons. The lowest BCUT2D eigenvalue weighted by atomic mass is 9.95. The molecular formula is C18H23N5S2. The van der Waals surface area contributed by atoms with Gasteiger partial charge in [0.25, 0.3) is 0 Å². The summed E-state index contributed by atoms with van der Waals surface area (Å²) in [5.41, 5.74) is 3.30. The first-order valence-electron chi connectivity index (χ1n) is 7.92. The van der Waals surface area contributed by atoms with Crippen molar-refractivity contribution >= 4 is 35.9 Å². The highest BCUT2D eigenvalue weighted by atomic mass is 32.2. The average molecular weight is 374 g/mol. The van der Waals surface area contributed by atoms with Crippen LogP contribution in [0.4, 0.5) is 5.95 Å². The molecule has 2 aromatic rings. The van der Waals surface area contributed by atoms with Crippen molar-refractivity contribution in [2.24, 2.45) is 0 Å². The van der Waals surface area contributed by atoms with Crippen molar-refractivity contribution in [3.05, 3.63) is 47.0 Å². The topological polar surface area (TPSA) is 73.7 Å². The lowest BCUT2D eigenvalue weighted by molar-refractivity contribution is 0.867. The Labute approximate surface area is 157 Å². The van der Waals surface area contributed by atoms with E-state index in [1.165, 1.54) is 23.7 Å². The van der Waals surface area contributed by atoms with E-state index in [1.807, 2.05) is 18.4 Å². The van der Waals surface area contributed by atoms with Crippen molar-refractivity contribution in [3.63, 3.8) is 0 Å². The van der Waals surface area contributed by atoms with Gasteiger partial charge in [-0.15, -0.1) is 11.8 Å². The van der Waals surface area contributed by atoms with E-state index >= 15 is 0 Å². The first kappa shape index (κ1) is 19.3. The van der Waals surface area contributed by atoms with E-state index in [0.717, 1.165) is 21.2 Å². The molecule has 7 heteroatoms. The normalized spacial score (nSPS) is 11.5. The first-order chi connectivity index (χ1) is 12.1. The molecule has 0 aliphatic carbocycles. The highest BCUT2D eigenvalue weighted by Crippen LogP contribution is 2.30. The Morgan fingerprint density at radius 3 is 2.64 bits per heavy atom. The third kappa shape index (κ3) is 5.24. The molecule has 0 saturated carbocycles. The van der Waals surface area contributed by atoms with Gasteiger partial charge in [0, 0.05) is 25.0 Å². The Kier molecular flexibility index (Phi) is 7.33. The van der Waals surface area contributed by atoms with Crippen LogP contribution in [0.25, 0.3) is 11.3 Å². The maximum atomic E-state index is 7.42. The zero-order chi connectivity index (χ0) is 18.2. The molecule has 0 unspecified atom stereocenters. The fourth-order valence-corrected chi connectivity index (χ4v) is 3.24. The molecule has 1 aromatic carbocycles. The summed E-state index contributed by atoms with van der Waals surface area (Å²) in [6.45, 7) is 4.37. The van der Waals surface area contributed by atoms with E-state index in [-0.39, 0.29) is 0 Å². The average Bonchev–Trinajstić information content (AvgIpc) is 2.64. The van der Waals surface area contributed by atoms with Gasteiger partial charge in [-0.25, -0.2) is 9.97 Å². The number of nitrogens with one attached hydrogen (secondary N) is 3. The van der Waals surface area contributed by atoms with Crippen LogP contribution in [0.5, 0.6) is 0 Å². The van der Waals surface area contributed by atoms with E-state index in [0.29, 0.717) is 11.9 Å². The highest BCUT2D eigenvalue weighted by Gasteiger charge is 2.12. The van der Waals surface area contributed by atoms with Gasteiger partial charge in [-0.1, -0.05) is 38.1 Å². The molecule has 132 valence electrons. The monoisotopic (exact) mass is 373 g/mol. The Balaban J connectivity index is 2.38. The molecule has 3 N–H and O–H groups in total. The van der Waals surface area contributed by atoms with E-state index in [9.17, 15) is 0 Å². The predicted octanol–water partition coefficient (Wildman–Crippen LogP) is 4.76. The summed E-state index contributed by atoms with van der Waals surface area (Å²) in [4.78, 5) is 9.94. The lowest BCUT2D eigenvalue weighted by Gasteiger charge is -2.14. The van der Waals surface area contributed by atoms with Crippen LogP contribution in [-0.4, -0.2) is 29.5 Å². The fraction of sp³-hybridized carbons (Fsp3) is 0.278. The van der Waals surface area contributed by atoms with E-state index in [1.54, 1.807) is 25.0 Å². The number of aromatic nitrogens is 2. The number of nitrogens with zero attached hydrogens (tertiary/aromatic N) is 2. The van der Waals surface area contributed by atoms with Gasteiger partial charge >= 0.3 is 0 Å².